The number of benzene rings is 2. The fraction of sp³-hybridized carbons (Fsp3) is 0.227. The number of rotatable bonds is 2. The van der Waals surface area contributed by atoms with Crippen molar-refractivity contribution in [3.63, 3.8) is 0 Å². The molecule has 2 aromatic carbocycles. The standard InChI is InChI=1S/C22H22N2O/c1-22(2,23)18-10-11-20-17(13-14-6-3-4-9-19(14)24-20)21(18)15-7-5-8-16(25)12-15/h3-9,12-13,25H,10-11,23H2,1-2H3. The number of para-hydroxylation sites is 1. The zero-order valence-corrected chi connectivity index (χ0v) is 14.6. The molecule has 0 unspecified atom stereocenters. The maximum absolute atomic E-state index is 9.98. The van der Waals surface area contributed by atoms with E-state index in [4.69, 9.17) is 10.7 Å². The molecule has 1 aliphatic rings. The van der Waals surface area contributed by atoms with E-state index in [1.54, 1.807) is 6.07 Å². The Bertz CT molecular complexity index is 996. The predicted octanol–water partition coefficient (Wildman–Crippen LogP) is 4.43. The number of nitrogens with zero attached hydrogens (tertiary/aromatic N) is 1. The first-order chi connectivity index (χ1) is 11.9. The van der Waals surface area contributed by atoms with Crippen LogP contribution < -0.4 is 5.73 Å². The Hall–Kier alpha value is -2.65. The van der Waals surface area contributed by atoms with Crippen molar-refractivity contribution in [2.24, 2.45) is 5.73 Å². The number of aromatic hydroxyl groups is 1. The van der Waals surface area contributed by atoms with Crippen LogP contribution in [0.3, 0.4) is 0 Å². The Balaban J connectivity index is 2.04. The van der Waals surface area contributed by atoms with Gasteiger partial charge in [-0.2, -0.15) is 0 Å². The van der Waals surface area contributed by atoms with E-state index in [0.717, 1.165) is 46.1 Å². The second kappa shape index (κ2) is 5.71. The van der Waals surface area contributed by atoms with Gasteiger partial charge in [-0.25, -0.2) is 0 Å². The van der Waals surface area contributed by atoms with Gasteiger partial charge in [-0.3, -0.25) is 4.98 Å². The first kappa shape index (κ1) is 15.9. The Morgan fingerprint density at radius 1 is 1.00 bits per heavy atom. The molecule has 1 aliphatic carbocycles. The van der Waals surface area contributed by atoms with Gasteiger partial charge in [0.05, 0.1) is 5.52 Å². The quantitative estimate of drug-likeness (QED) is 0.731. The van der Waals surface area contributed by atoms with Crippen molar-refractivity contribution < 1.29 is 5.11 Å². The number of hydrogen-bond acceptors (Lipinski definition) is 3. The highest BCUT2D eigenvalue weighted by atomic mass is 16.3. The zero-order valence-electron chi connectivity index (χ0n) is 14.6. The van der Waals surface area contributed by atoms with E-state index in [1.165, 1.54) is 5.57 Å². The average molecular weight is 330 g/mol. The fourth-order valence-electron chi connectivity index (χ4n) is 3.73. The summed E-state index contributed by atoms with van der Waals surface area (Å²) in [5.41, 5.74) is 12.6. The number of aryl methyl sites for hydroxylation is 1. The molecular weight excluding hydrogens is 308 g/mol. The molecule has 3 aromatic rings. The normalized spacial score (nSPS) is 14.7. The molecule has 0 fully saturated rings. The van der Waals surface area contributed by atoms with Crippen molar-refractivity contribution in [2.75, 3.05) is 0 Å². The summed E-state index contributed by atoms with van der Waals surface area (Å²) in [6, 6.07) is 17.8. The molecule has 0 bridgehead atoms. The molecule has 0 spiro atoms. The number of phenolic OH excluding ortho intramolecular Hbond substituents is 1. The fourth-order valence-corrected chi connectivity index (χ4v) is 3.73. The maximum Gasteiger partial charge on any atom is 0.116 e. The number of aromatic nitrogens is 1. The number of phenols is 1. The van der Waals surface area contributed by atoms with Crippen LogP contribution in [0.4, 0.5) is 0 Å². The van der Waals surface area contributed by atoms with Gasteiger partial charge in [0.15, 0.2) is 0 Å². The molecule has 4 rings (SSSR count). The summed E-state index contributed by atoms with van der Waals surface area (Å²) in [6.45, 7) is 4.09. The third kappa shape index (κ3) is 2.81. The Kier molecular flexibility index (Phi) is 3.62. The van der Waals surface area contributed by atoms with Crippen LogP contribution in [0.15, 0.2) is 60.2 Å². The number of hydrogen-bond donors (Lipinski definition) is 2. The minimum Gasteiger partial charge on any atom is -0.508 e. The predicted molar refractivity (Wildman–Crippen MR) is 102 cm³/mol. The minimum atomic E-state index is -0.426. The Labute approximate surface area is 147 Å². The molecule has 0 amide bonds. The van der Waals surface area contributed by atoms with E-state index >= 15 is 0 Å². The Morgan fingerprint density at radius 2 is 1.80 bits per heavy atom. The van der Waals surface area contributed by atoms with Crippen molar-refractivity contribution in [1.82, 2.24) is 4.98 Å². The number of fused-ring (bicyclic) bond motifs is 2. The van der Waals surface area contributed by atoms with Crippen molar-refractivity contribution in [1.29, 1.82) is 0 Å². The first-order valence-electron chi connectivity index (χ1n) is 8.64. The molecule has 0 atom stereocenters. The highest BCUT2D eigenvalue weighted by Crippen LogP contribution is 2.40. The zero-order chi connectivity index (χ0) is 17.6. The second-order valence-corrected chi connectivity index (χ2v) is 7.30. The molecule has 0 radical (unpaired) electrons. The molecule has 0 aliphatic heterocycles. The number of nitrogens with two attached hydrogens (primary N) is 1. The van der Waals surface area contributed by atoms with Gasteiger partial charge in [-0.05, 0) is 67.7 Å². The monoisotopic (exact) mass is 330 g/mol. The lowest BCUT2D eigenvalue weighted by molar-refractivity contribution is 0.475. The highest BCUT2D eigenvalue weighted by Gasteiger charge is 2.29. The van der Waals surface area contributed by atoms with Crippen LogP contribution >= 0.6 is 0 Å². The summed E-state index contributed by atoms with van der Waals surface area (Å²) in [6.07, 6.45) is 1.77. The molecule has 25 heavy (non-hydrogen) atoms. The molecule has 3 N–H and O–H groups in total. The van der Waals surface area contributed by atoms with Crippen LogP contribution in [0.25, 0.3) is 16.5 Å². The summed E-state index contributed by atoms with van der Waals surface area (Å²) in [7, 11) is 0. The molecule has 1 heterocycles. The van der Waals surface area contributed by atoms with Gasteiger partial charge in [0.1, 0.15) is 5.75 Å². The van der Waals surface area contributed by atoms with Gasteiger partial charge < -0.3 is 10.8 Å². The summed E-state index contributed by atoms with van der Waals surface area (Å²) < 4.78 is 0. The molecule has 3 heteroatoms. The summed E-state index contributed by atoms with van der Waals surface area (Å²) in [5.74, 6) is 0.264. The van der Waals surface area contributed by atoms with E-state index < -0.39 is 5.54 Å². The molecule has 0 saturated carbocycles. The van der Waals surface area contributed by atoms with Crippen LogP contribution in [0.2, 0.25) is 0 Å². The van der Waals surface area contributed by atoms with E-state index in [2.05, 4.69) is 18.2 Å². The highest BCUT2D eigenvalue weighted by molar-refractivity contribution is 5.91. The first-order valence-corrected chi connectivity index (χ1v) is 8.64. The number of pyridine rings is 1. The summed E-state index contributed by atoms with van der Waals surface area (Å²) in [4.78, 5) is 4.89. The van der Waals surface area contributed by atoms with Crippen LogP contribution in [0.5, 0.6) is 5.75 Å². The molecule has 126 valence electrons. The van der Waals surface area contributed by atoms with E-state index in [-0.39, 0.29) is 5.75 Å². The summed E-state index contributed by atoms with van der Waals surface area (Å²) >= 11 is 0. The smallest absolute Gasteiger partial charge is 0.116 e. The molecule has 1 aromatic heterocycles. The van der Waals surface area contributed by atoms with Gasteiger partial charge in [0.25, 0.3) is 0 Å². The van der Waals surface area contributed by atoms with Gasteiger partial charge in [-0.1, -0.05) is 30.3 Å². The Morgan fingerprint density at radius 3 is 2.56 bits per heavy atom. The lowest BCUT2D eigenvalue weighted by Gasteiger charge is -2.32. The van der Waals surface area contributed by atoms with E-state index in [9.17, 15) is 5.11 Å². The van der Waals surface area contributed by atoms with Crippen LogP contribution in [-0.2, 0) is 6.42 Å². The van der Waals surface area contributed by atoms with Gasteiger partial charge in [-0.15, -0.1) is 0 Å². The van der Waals surface area contributed by atoms with Crippen molar-refractivity contribution in [3.05, 3.63) is 77.0 Å². The second-order valence-electron chi connectivity index (χ2n) is 7.30. The van der Waals surface area contributed by atoms with Crippen LogP contribution in [-0.4, -0.2) is 15.6 Å². The SMILES string of the molecule is CC(C)(N)C1=C(c2cccc(O)c2)c2cc3ccccc3nc2CC1. The molecule has 3 nitrogen and oxygen atoms in total. The van der Waals surface area contributed by atoms with E-state index in [0.29, 0.717) is 0 Å². The third-order valence-corrected chi connectivity index (χ3v) is 4.90. The lowest BCUT2D eigenvalue weighted by atomic mass is 9.77. The van der Waals surface area contributed by atoms with Crippen molar-refractivity contribution in [2.45, 2.75) is 32.2 Å². The lowest BCUT2D eigenvalue weighted by Crippen LogP contribution is -2.36. The molecule has 0 saturated heterocycles. The van der Waals surface area contributed by atoms with Crippen molar-refractivity contribution >= 4 is 16.5 Å². The summed E-state index contributed by atoms with van der Waals surface area (Å²) in [5, 5.41) is 11.1. The van der Waals surface area contributed by atoms with Crippen LogP contribution in [0, 0.1) is 0 Å². The largest absolute Gasteiger partial charge is 0.508 e. The van der Waals surface area contributed by atoms with E-state index in [1.807, 2.05) is 44.2 Å². The van der Waals surface area contributed by atoms with Gasteiger partial charge >= 0.3 is 0 Å². The minimum absolute atomic E-state index is 0.264. The topological polar surface area (TPSA) is 59.1 Å². The van der Waals surface area contributed by atoms with Gasteiger partial charge in [0, 0.05) is 22.2 Å². The van der Waals surface area contributed by atoms with Crippen LogP contribution in [0.1, 0.15) is 37.1 Å². The van der Waals surface area contributed by atoms with Gasteiger partial charge in [0.2, 0.25) is 0 Å². The third-order valence-electron chi connectivity index (χ3n) is 4.90. The molecular formula is C22H22N2O. The maximum atomic E-state index is 9.98. The average Bonchev–Trinajstić information content (AvgIpc) is 2.58. The van der Waals surface area contributed by atoms with Crippen molar-refractivity contribution in [3.8, 4) is 5.75 Å².